The molecule has 7 nitrogen and oxygen atoms in total. The van der Waals surface area contributed by atoms with Crippen molar-refractivity contribution in [2.75, 3.05) is 95.0 Å². The van der Waals surface area contributed by atoms with Gasteiger partial charge in [0.05, 0.1) is 5.56 Å². The van der Waals surface area contributed by atoms with E-state index in [0.29, 0.717) is 5.56 Å². The van der Waals surface area contributed by atoms with E-state index in [1.165, 1.54) is 0 Å². The van der Waals surface area contributed by atoms with E-state index in [0.717, 1.165) is 45.1 Å². The van der Waals surface area contributed by atoms with Crippen molar-refractivity contribution in [1.29, 1.82) is 0 Å². The van der Waals surface area contributed by atoms with Crippen LogP contribution in [0.2, 0.25) is 0 Å². The number of carbonyl (C=O) groups is 1. The molecular formula is C30H39N5O2. The van der Waals surface area contributed by atoms with Gasteiger partial charge in [-0.05, 0) is 42.5 Å². The molecule has 3 aromatic carbocycles. The fraction of sp³-hybridized carbons (Fsp3) is 0.367. The number of cyclic esters (lactones) is 1. The molecule has 37 heavy (non-hydrogen) atoms. The van der Waals surface area contributed by atoms with Gasteiger partial charge in [-0.15, -0.1) is 0 Å². The Morgan fingerprint density at radius 2 is 0.919 bits per heavy atom. The third kappa shape index (κ3) is 4.32. The highest BCUT2D eigenvalue weighted by Gasteiger charge is 2.51. The number of hydrogen-bond acceptors (Lipinski definition) is 7. The Labute approximate surface area is 221 Å². The molecule has 3 aromatic rings. The molecule has 196 valence electrons. The Bertz CT molecular complexity index is 1260. The van der Waals surface area contributed by atoms with Crippen LogP contribution in [0.1, 0.15) is 27.0 Å². The summed E-state index contributed by atoms with van der Waals surface area (Å²) in [6.07, 6.45) is 0. The van der Waals surface area contributed by atoms with Crippen LogP contribution in [0, 0.1) is 0 Å². The van der Waals surface area contributed by atoms with Gasteiger partial charge in [-0.3, -0.25) is 0 Å². The van der Waals surface area contributed by atoms with E-state index in [4.69, 9.17) is 4.74 Å². The minimum absolute atomic E-state index is 0.317. The lowest BCUT2D eigenvalue weighted by molar-refractivity contribution is 0.0254. The van der Waals surface area contributed by atoms with E-state index in [1.54, 1.807) is 0 Å². The molecule has 0 aromatic heterocycles. The molecule has 7 heteroatoms. The van der Waals surface area contributed by atoms with Gasteiger partial charge < -0.3 is 29.2 Å². The van der Waals surface area contributed by atoms with Crippen molar-refractivity contribution in [3.05, 3.63) is 76.9 Å². The van der Waals surface area contributed by atoms with Crippen LogP contribution in [-0.4, -0.2) is 76.4 Å². The molecule has 0 spiro atoms. The summed E-state index contributed by atoms with van der Waals surface area (Å²) in [7, 11) is 20.3. The molecule has 1 aliphatic heterocycles. The summed E-state index contributed by atoms with van der Waals surface area (Å²) in [5, 5.41) is 0. The van der Waals surface area contributed by atoms with Crippen molar-refractivity contribution in [3.8, 4) is 0 Å². The van der Waals surface area contributed by atoms with Crippen LogP contribution in [0.15, 0.2) is 54.6 Å². The molecule has 1 heterocycles. The average Bonchev–Trinajstić information content (AvgIpc) is 3.15. The topological polar surface area (TPSA) is 42.5 Å². The third-order valence-corrected chi connectivity index (χ3v) is 7.08. The first kappa shape index (κ1) is 26.2. The molecular weight excluding hydrogens is 462 g/mol. The second kappa shape index (κ2) is 9.54. The van der Waals surface area contributed by atoms with Crippen LogP contribution in [0.3, 0.4) is 0 Å². The lowest BCUT2D eigenvalue weighted by atomic mass is 9.77. The van der Waals surface area contributed by atoms with Gasteiger partial charge in [0.15, 0.2) is 5.60 Å². The second-order valence-electron chi connectivity index (χ2n) is 10.7. The Kier molecular flexibility index (Phi) is 6.76. The maximum atomic E-state index is 13.5. The predicted molar refractivity (Wildman–Crippen MR) is 156 cm³/mol. The number of nitrogens with zero attached hydrogens (tertiary/aromatic N) is 5. The van der Waals surface area contributed by atoms with Gasteiger partial charge in [-0.25, -0.2) is 4.79 Å². The van der Waals surface area contributed by atoms with E-state index >= 15 is 0 Å². The number of benzene rings is 3. The molecule has 0 saturated heterocycles. The van der Waals surface area contributed by atoms with Crippen LogP contribution in [0.5, 0.6) is 0 Å². The fourth-order valence-electron chi connectivity index (χ4n) is 5.01. The molecule has 1 aliphatic rings. The minimum Gasteiger partial charge on any atom is -0.440 e. The van der Waals surface area contributed by atoms with Gasteiger partial charge in [-0.2, -0.15) is 0 Å². The summed E-state index contributed by atoms with van der Waals surface area (Å²) in [5.74, 6) is -0.317. The van der Waals surface area contributed by atoms with E-state index in [-0.39, 0.29) is 5.97 Å². The standard InChI is InChI=1S/C30H39N5O2/c1-31(2)20-11-14-23-26(17-20)30(37-29(23)36,24-15-12-21(32(3)4)18-27(24)34(7)8)25-16-13-22(33(5)6)19-28(25)35(9)10/h11-19H,1-10H3. The number of ether oxygens (including phenoxy) is 1. The zero-order valence-electron chi connectivity index (χ0n) is 23.7. The Balaban J connectivity index is 2.17. The van der Waals surface area contributed by atoms with Crippen LogP contribution in [0.25, 0.3) is 0 Å². The molecule has 0 bridgehead atoms. The van der Waals surface area contributed by atoms with Crippen molar-refractivity contribution >= 4 is 34.4 Å². The Morgan fingerprint density at radius 3 is 1.32 bits per heavy atom. The summed E-state index contributed by atoms with van der Waals surface area (Å²) in [4.78, 5) is 23.9. The van der Waals surface area contributed by atoms with Gasteiger partial charge in [-0.1, -0.05) is 12.1 Å². The Morgan fingerprint density at radius 1 is 0.514 bits per heavy atom. The van der Waals surface area contributed by atoms with E-state index in [1.807, 2.05) is 82.6 Å². The molecule has 0 radical (unpaired) electrons. The van der Waals surface area contributed by atoms with Crippen molar-refractivity contribution in [2.24, 2.45) is 0 Å². The number of fused-ring (bicyclic) bond motifs is 1. The Hall–Kier alpha value is -3.87. The quantitative estimate of drug-likeness (QED) is 0.442. The van der Waals surface area contributed by atoms with Crippen molar-refractivity contribution in [2.45, 2.75) is 5.60 Å². The summed E-state index contributed by atoms with van der Waals surface area (Å²) in [5.41, 5.74) is 7.29. The summed E-state index contributed by atoms with van der Waals surface area (Å²) in [6, 6.07) is 18.7. The summed E-state index contributed by atoms with van der Waals surface area (Å²) < 4.78 is 6.57. The molecule has 0 atom stereocenters. The van der Waals surface area contributed by atoms with E-state index < -0.39 is 5.60 Å². The molecule has 4 rings (SSSR count). The summed E-state index contributed by atoms with van der Waals surface area (Å²) in [6.45, 7) is 0. The zero-order valence-corrected chi connectivity index (χ0v) is 23.7. The van der Waals surface area contributed by atoms with Gasteiger partial charge in [0.25, 0.3) is 0 Å². The molecule has 0 amide bonds. The highest BCUT2D eigenvalue weighted by molar-refractivity contribution is 5.98. The highest BCUT2D eigenvalue weighted by atomic mass is 16.6. The zero-order chi connectivity index (χ0) is 27.2. The first-order valence-corrected chi connectivity index (χ1v) is 12.4. The van der Waals surface area contributed by atoms with Gasteiger partial charge >= 0.3 is 5.97 Å². The third-order valence-electron chi connectivity index (χ3n) is 7.08. The van der Waals surface area contributed by atoms with Gasteiger partial charge in [0.2, 0.25) is 0 Å². The van der Waals surface area contributed by atoms with Crippen molar-refractivity contribution in [1.82, 2.24) is 0 Å². The molecule has 0 unspecified atom stereocenters. The highest BCUT2D eigenvalue weighted by Crippen LogP contribution is 2.53. The monoisotopic (exact) mass is 501 g/mol. The first-order chi connectivity index (χ1) is 17.4. The number of esters is 1. The molecule has 0 saturated carbocycles. The van der Waals surface area contributed by atoms with Crippen molar-refractivity contribution < 1.29 is 9.53 Å². The van der Waals surface area contributed by atoms with Gasteiger partial charge in [0, 0.05) is 116 Å². The second-order valence-corrected chi connectivity index (χ2v) is 10.7. The van der Waals surface area contributed by atoms with Crippen molar-refractivity contribution in [3.63, 3.8) is 0 Å². The first-order valence-electron chi connectivity index (χ1n) is 12.4. The molecule has 0 aliphatic carbocycles. The number of rotatable bonds is 7. The fourth-order valence-corrected chi connectivity index (χ4v) is 5.01. The lowest BCUT2D eigenvalue weighted by Gasteiger charge is -2.37. The normalized spacial score (nSPS) is 13.6. The minimum atomic E-state index is -1.13. The maximum Gasteiger partial charge on any atom is 0.340 e. The van der Waals surface area contributed by atoms with E-state index in [9.17, 15) is 4.79 Å². The largest absolute Gasteiger partial charge is 0.440 e. The van der Waals surface area contributed by atoms with Crippen LogP contribution >= 0.6 is 0 Å². The lowest BCUT2D eigenvalue weighted by Crippen LogP contribution is -2.34. The van der Waals surface area contributed by atoms with E-state index in [2.05, 4.69) is 67.0 Å². The average molecular weight is 502 g/mol. The predicted octanol–water partition coefficient (Wildman–Crippen LogP) is 4.48. The molecule has 0 N–H and O–H groups in total. The number of carbonyl (C=O) groups excluding carboxylic acids is 1. The molecule has 0 fully saturated rings. The SMILES string of the molecule is CN(C)c1ccc(C2(c3ccc(N(C)C)cc3N(C)C)OC(=O)c3ccc(N(C)C)cc32)c(N(C)C)c1. The smallest absolute Gasteiger partial charge is 0.340 e. The van der Waals surface area contributed by atoms with Crippen LogP contribution in [-0.2, 0) is 10.3 Å². The summed E-state index contributed by atoms with van der Waals surface area (Å²) >= 11 is 0. The van der Waals surface area contributed by atoms with Crippen LogP contribution < -0.4 is 24.5 Å². The van der Waals surface area contributed by atoms with Crippen LogP contribution in [0.4, 0.5) is 28.4 Å². The maximum absolute atomic E-state index is 13.5. The number of hydrogen-bond donors (Lipinski definition) is 0. The van der Waals surface area contributed by atoms with Gasteiger partial charge in [0.1, 0.15) is 0 Å². The number of anilines is 5.